The van der Waals surface area contributed by atoms with Gasteiger partial charge in [0, 0.05) is 6.61 Å². The molecule has 0 saturated heterocycles. The number of carbonyl (C=O) groups excluding carboxylic acids is 2. The second-order valence-electron chi connectivity index (χ2n) is 2.67. The molecule has 0 atom stereocenters. The Morgan fingerprint density at radius 2 is 1.31 bits per heavy atom. The summed E-state index contributed by atoms with van der Waals surface area (Å²) in [6.45, 7) is 5.50. The molecule has 0 unspecified atom stereocenters. The third kappa shape index (κ3) is 8.19. The van der Waals surface area contributed by atoms with E-state index in [1.165, 1.54) is 0 Å². The molecule has 0 radical (unpaired) electrons. The monoisotopic (exact) mass is 234 g/mol. The van der Waals surface area contributed by atoms with E-state index < -0.39 is 11.9 Å². The van der Waals surface area contributed by atoms with Gasteiger partial charge < -0.3 is 18.9 Å². The molecule has 0 bridgehead atoms. The molecule has 94 valence electrons. The van der Waals surface area contributed by atoms with Gasteiger partial charge >= 0.3 is 11.9 Å². The summed E-state index contributed by atoms with van der Waals surface area (Å²) in [4.78, 5) is 21.7. The van der Waals surface area contributed by atoms with Gasteiger partial charge in [-0.2, -0.15) is 0 Å². The van der Waals surface area contributed by atoms with Crippen LogP contribution in [-0.2, 0) is 28.5 Å². The van der Waals surface area contributed by atoms with E-state index in [9.17, 15) is 9.59 Å². The van der Waals surface area contributed by atoms with Gasteiger partial charge in [0.05, 0.1) is 26.4 Å². The highest BCUT2D eigenvalue weighted by molar-refractivity contribution is 6.29. The van der Waals surface area contributed by atoms with E-state index in [-0.39, 0.29) is 19.8 Å². The van der Waals surface area contributed by atoms with Gasteiger partial charge in [-0.1, -0.05) is 0 Å². The van der Waals surface area contributed by atoms with Crippen LogP contribution in [0.25, 0.3) is 0 Å². The van der Waals surface area contributed by atoms with Gasteiger partial charge in [-0.15, -0.1) is 0 Å². The quantitative estimate of drug-likeness (QED) is 0.338. The molecular weight excluding hydrogens is 216 g/mol. The van der Waals surface area contributed by atoms with Gasteiger partial charge in [0.15, 0.2) is 0 Å². The fourth-order valence-corrected chi connectivity index (χ4v) is 0.806. The molecule has 0 spiro atoms. The molecule has 0 amide bonds. The lowest BCUT2D eigenvalue weighted by molar-refractivity contribution is -0.168. The van der Waals surface area contributed by atoms with E-state index in [1.54, 1.807) is 6.92 Å². The zero-order valence-electron chi connectivity index (χ0n) is 9.69. The van der Waals surface area contributed by atoms with Crippen LogP contribution in [0.15, 0.2) is 0 Å². The summed E-state index contributed by atoms with van der Waals surface area (Å²) in [5.41, 5.74) is 0. The van der Waals surface area contributed by atoms with Crippen molar-refractivity contribution in [1.82, 2.24) is 0 Å². The van der Waals surface area contributed by atoms with E-state index >= 15 is 0 Å². The summed E-state index contributed by atoms with van der Waals surface area (Å²) in [5, 5.41) is 0. The maximum absolute atomic E-state index is 10.9. The van der Waals surface area contributed by atoms with Crippen molar-refractivity contribution in [1.29, 1.82) is 0 Å². The van der Waals surface area contributed by atoms with Gasteiger partial charge in [-0.3, -0.25) is 0 Å². The average molecular weight is 234 g/mol. The molecule has 0 N–H and O–H groups in total. The second kappa shape index (κ2) is 10.4. The zero-order valence-corrected chi connectivity index (χ0v) is 9.69. The van der Waals surface area contributed by atoms with Crippen LogP contribution in [0, 0.1) is 0 Å². The molecule has 6 nitrogen and oxygen atoms in total. The summed E-state index contributed by atoms with van der Waals surface area (Å²) in [5.74, 6) is -1.97. The first-order valence-electron chi connectivity index (χ1n) is 5.21. The summed E-state index contributed by atoms with van der Waals surface area (Å²) in [7, 11) is 0. The first-order chi connectivity index (χ1) is 7.72. The van der Waals surface area contributed by atoms with Crippen molar-refractivity contribution in [3.63, 3.8) is 0 Å². The van der Waals surface area contributed by atoms with E-state index in [0.29, 0.717) is 19.8 Å². The van der Waals surface area contributed by atoms with Crippen molar-refractivity contribution in [2.45, 2.75) is 13.8 Å². The lowest BCUT2D eigenvalue weighted by Gasteiger charge is -2.05. The Morgan fingerprint density at radius 3 is 1.94 bits per heavy atom. The minimum absolute atomic E-state index is 0.0315. The molecule has 0 rings (SSSR count). The van der Waals surface area contributed by atoms with Gasteiger partial charge in [0.2, 0.25) is 0 Å². The van der Waals surface area contributed by atoms with Gasteiger partial charge in [0.25, 0.3) is 0 Å². The molecule has 0 aromatic heterocycles. The Hall–Kier alpha value is -1.14. The highest BCUT2D eigenvalue weighted by Gasteiger charge is 2.15. The summed E-state index contributed by atoms with van der Waals surface area (Å²) in [6.07, 6.45) is 0. The third-order valence-corrected chi connectivity index (χ3v) is 1.48. The summed E-state index contributed by atoms with van der Waals surface area (Å²) >= 11 is 0. The minimum atomic E-state index is -0.991. The Bertz CT molecular complexity index is 203. The van der Waals surface area contributed by atoms with Crippen molar-refractivity contribution in [3.8, 4) is 0 Å². The lowest BCUT2D eigenvalue weighted by atomic mass is 10.6. The number of esters is 2. The van der Waals surface area contributed by atoms with Crippen LogP contribution >= 0.6 is 0 Å². The molecule has 0 heterocycles. The Labute approximate surface area is 94.8 Å². The van der Waals surface area contributed by atoms with Crippen molar-refractivity contribution in [3.05, 3.63) is 0 Å². The van der Waals surface area contributed by atoms with Gasteiger partial charge in [-0.05, 0) is 13.8 Å². The highest BCUT2D eigenvalue weighted by Crippen LogP contribution is 1.86. The molecular formula is C10H18O6. The molecule has 6 heteroatoms. The SMILES string of the molecule is CCOCCOCCOC(=O)C(=O)OCC. The third-order valence-electron chi connectivity index (χ3n) is 1.48. The van der Waals surface area contributed by atoms with Crippen LogP contribution in [0.4, 0.5) is 0 Å². The highest BCUT2D eigenvalue weighted by atomic mass is 16.6. The van der Waals surface area contributed by atoms with Crippen molar-refractivity contribution < 1.29 is 28.5 Å². The minimum Gasteiger partial charge on any atom is -0.458 e. The predicted molar refractivity (Wildman–Crippen MR) is 54.9 cm³/mol. The van der Waals surface area contributed by atoms with Crippen LogP contribution in [0.3, 0.4) is 0 Å². The fraction of sp³-hybridized carbons (Fsp3) is 0.800. The molecule has 0 aromatic carbocycles. The molecule has 0 aliphatic heterocycles. The van der Waals surface area contributed by atoms with Crippen molar-refractivity contribution >= 4 is 11.9 Å². The Morgan fingerprint density at radius 1 is 0.750 bits per heavy atom. The van der Waals surface area contributed by atoms with Crippen LogP contribution in [0.5, 0.6) is 0 Å². The number of hydrogen-bond donors (Lipinski definition) is 0. The molecule has 0 aliphatic rings. The number of carbonyl (C=O) groups is 2. The maximum Gasteiger partial charge on any atom is 0.417 e. The largest absolute Gasteiger partial charge is 0.458 e. The molecule has 0 fully saturated rings. The summed E-state index contributed by atoms with van der Waals surface area (Å²) < 4.78 is 19.1. The predicted octanol–water partition coefficient (Wildman–Crippen LogP) is 0.146. The molecule has 0 saturated carbocycles. The van der Waals surface area contributed by atoms with Crippen LogP contribution in [-0.4, -0.2) is 51.6 Å². The van der Waals surface area contributed by atoms with Gasteiger partial charge in [-0.25, -0.2) is 9.59 Å². The van der Waals surface area contributed by atoms with Crippen molar-refractivity contribution in [2.24, 2.45) is 0 Å². The smallest absolute Gasteiger partial charge is 0.417 e. The lowest BCUT2D eigenvalue weighted by Crippen LogP contribution is -2.22. The molecule has 16 heavy (non-hydrogen) atoms. The summed E-state index contributed by atoms with van der Waals surface area (Å²) in [6, 6.07) is 0. The Balaban J connectivity index is 3.31. The Kier molecular flexibility index (Phi) is 9.64. The zero-order chi connectivity index (χ0) is 12.2. The van der Waals surface area contributed by atoms with Crippen LogP contribution < -0.4 is 0 Å². The maximum atomic E-state index is 10.9. The topological polar surface area (TPSA) is 71.1 Å². The fourth-order valence-electron chi connectivity index (χ4n) is 0.806. The van der Waals surface area contributed by atoms with Crippen molar-refractivity contribution in [2.75, 3.05) is 39.6 Å². The molecule has 0 aliphatic carbocycles. The molecule has 0 aromatic rings. The number of hydrogen-bond acceptors (Lipinski definition) is 6. The first-order valence-corrected chi connectivity index (χ1v) is 5.21. The second-order valence-corrected chi connectivity index (χ2v) is 2.67. The van der Waals surface area contributed by atoms with E-state index in [2.05, 4.69) is 9.47 Å². The number of rotatable bonds is 8. The normalized spacial score (nSPS) is 9.88. The first kappa shape index (κ1) is 14.9. The van der Waals surface area contributed by atoms with Crippen LogP contribution in [0.1, 0.15) is 13.8 Å². The van der Waals surface area contributed by atoms with Crippen LogP contribution in [0.2, 0.25) is 0 Å². The standard InChI is InChI=1S/C10H18O6/c1-3-13-5-6-14-7-8-16-10(12)9(11)15-4-2/h3-8H2,1-2H3. The van der Waals surface area contributed by atoms with E-state index in [4.69, 9.17) is 9.47 Å². The van der Waals surface area contributed by atoms with E-state index in [1.807, 2.05) is 6.92 Å². The number of ether oxygens (including phenoxy) is 4. The average Bonchev–Trinajstić information content (AvgIpc) is 2.28. The van der Waals surface area contributed by atoms with Gasteiger partial charge in [0.1, 0.15) is 6.61 Å². The van der Waals surface area contributed by atoms with E-state index in [0.717, 1.165) is 0 Å².